The molecular formula is C39H29NS. The number of thiophene rings is 1. The molecule has 1 nitrogen and oxygen atoms in total. The minimum atomic E-state index is -0.0927. The molecule has 7 aromatic rings. The Morgan fingerprint density at radius 2 is 1.07 bits per heavy atom. The van der Waals surface area contributed by atoms with Gasteiger partial charge in [-0.2, -0.15) is 0 Å². The molecule has 0 N–H and O–H groups in total. The molecule has 0 aliphatic heterocycles. The van der Waals surface area contributed by atoms with E-state index in [1.807, 2.05) is 11.3 Å². The van der Waals surface area contributed by atoms with Crippen LogP contribution in [-0.4, -0.2) is 0 Å². The number of rotatable bonds is 4. The fourth-order valence-corrected chi connectivity index (χ4v) is 7.66. The van der Waals surface area contributed by atoms with Crippen molar-refractivity contribution >= 4 is 48.6 Å². The van der Waals surface area contributed by atoms with Crippen LogP contribution in [0.25, 0.3) is 42.4 Å². The number of para-hydroxylation sites is 1. The summed E-state index contributed by atoms with van der Waals surface area (Å²) in [5.41, 5.74) is 11.4. The SMILES string of the molecule is CC1(C)c2cc(N(c3ccccc3)c3ccc(-c4ccccc4)cc3)ccc2-c2cc3c(cc21)sc1ccccc13. The van der Waals surface area contributed by atoms with Gasteiger partial charge in [0, 0.05) is 42.6 Å². The minimum absolute atomic E-state index is 0.0927. The van der Waals surface area contributed by atoms with Crippen LogP contribution in [0.15, 0.2) is 140 Å². The number of anilines is 3. The highest BCUT2D eigenvalue weighted by Crippen LogP contribution is 2.53. The molecule has 6 aromatic carbocycles. The summed E-state index contributed by atoms with van der Waals surface area (Å²) in [5, 5.41) is 2.72. The minimum Gasteiger partial charge on any atom is -0.310 e. The third kappa shape index (κ3) is 3.83. The van der Waals surface area contributed by atoms with Crippen molar-refractivity contribution in [1.82, 2.24) is 0 Å². The molecule has 1 aliphatic carbocycles. The average Bonchev–Trinajstić information content (AvgIpc) is 3.49. The molecule has 1 aliphatic rings. The third-order valence-corrected chi connectivity index (χ3v) is 9.80. The molecule has 0 spiro atoms. The second kappa shape index (κ2) is 9.19. The van der Waals surface area contributed by atoms with E-state index in [1.54, 1.807) is 0 Å². The molecule has 0 bridgehead atoms. The Kier molecular flexibility index (Phi) is 5.42. The molecule has 196 valence electrons. The number of hydrogen-bond donors (Lipinski definition) is 0. The molecule has 0 amide bonds. The molecule has 0 fully saturated rings. The number of hydrogen-bond acceptors (Lipinski definition) is 2. The van der Waals surface area contributed by atoms with E-state index in [1.165, 1.54) is 59.2 Å². The zero-order chi connectivity index (χ0) is 27.6. The average molecular weight is 544 g/mol. The van der Waals surface area contributed by atoms with E-state index >= 15 is 0 Å². The fourth-order valence-electron chi connectivity index (χ4n) is 6.54. The van der Waals surface area contributed by atoms with Crippen molar-refractivity contribution < 1.29 is 0 Å². The maximum atomic E-state index is 2.45. The highest BCUT2D eigenvalue weighted by Gasteiger charge is 2.36. The first-order valence-corrected chi connectivity index (χ1v) is 15.0. The lowest BCUT2D eigenvalue weighted by atomic mass is 9.82. The molecular weight excluding hydrogens is 515 g/mol. The van der Waals surface area contributed by atoms with Crippen LogP contribution < -0.4 is 4.90 Å². The standard InChI is InChI=1S/C39H29NS/c1-39(2)35-23-30(21-22-31(35)33-24-34-32-15-9-10-16-37(32)41-38(34)25-36(33)39)40(28-13-7-4-8-14-28)29-19-17-27(18-20-29)26-11-5-3-6-12-26/h3-25H,1-2H3. The lowest BCUT2D eigenvalue weighted by Gasteiger charge is -2.28. The highest BCUT2D eigenvalue weighted by atomic mass is 32.1. The Morgan fingerprint density at radius 3 is 1.85 bits per heavy atom. The predicted molar refractivity (Wildman–Crippen MR) is 177 cm³/mol. The van der Waals surface area contributed by atoms with Crippen molar-refractivity contribution in [3.05, 3.63) is 151 Å². The molecule has 0 saturated heterocycles. The molecule has 0 saturated carbocycles. The summed E-state index contributed by atoms with van der Waals surface area (Å²) in [6, 6.07) is 50.9. The normalized spacial score (nSPS) is 13.3. The Hall–Kier alpha value is -4.66. The van der Waals surface area contributed by atoms with E-state index in [0.717, 1.165) is 11.4 Å². The van der Waals surface area contributed by atoms with Crippen molar-refractivity contribution in [2.75, 3.05) is 4.90 Å². The number of benzene rings is 6. The van der Waals surface area contributed by atoms with Crippen molar-refractivity contribution in [3.63, 3.8) is 0 Å². The van der Waals surface area contributed by atoms with Crippen LogP contribution in [-0.2, 0) is 5.41 Å². The first-order chi connectivity index (χ1) is 20.1. The highest BCUT2D eigenvalue weighted by molar-refractivity contribution is 7.25. The largest absolute Gasteiger partial charge is 0.310 e. The van der Waals surface area contributed by atoms with Crippen LogP contribution in [0, 0.1) is 0 Å². The lowest BCUT2D eigenvalue weighted by molar-refractivity contribution is 0.661. The topological polar surface area (TPSA) is 3.24 Å². The summed E-state index contributed by atoms with van der Waals surface area (Å²) < 4.78 is 2.73. The molecule has 0 atom stereocenters. The Bertz CT molecular complexity index is 2050. The predicted octanol–water partition coefficient (Wildman–Crippen LogP) is 11.5. The van der Waals surface area contributed by atoms with Crippen LogP contribution in [0.5, 0.6) is 0 Å². The summed E-state index contributed by atoms with van der Waals surface area (Å²) in [6.45, 7) is 4.75. The van der Waals surface area contributed by atoms with Gasteiger partial charge in [0.05, 0.1) is 0 Å². The van der Waals surface area contributed by atoms with Crippen molar-refractivity contribution in [3.8, 4) is 22.3 Å². The molecule has 0 radical (unpaired) electrons. The zero-order valence-corrected chi connectivity index (χ0v) is 24.0. The van der Waals surface area contributed by atoms with E-state index in [-0.39, 0.29) is 5.41 Å². The van der Waals surface area contributed by atoms with Gasteiger partial charge < -0.3 is 4.90 Å². The maximum Gasteiger partial charge on any atom is 0.0465 e. The van der Waals surface area contributed by atoms with E-state index < -0.39 is 0 Å². The van der Waals surface area contributed by atoms with E-state index in [9.17, 15) is 0 Å². The van der Waals surface area contributed by atoms with Gasteiger partial charge in [0.25, 0.3) is 0 Å². The van der Waals surface area contributed by atoms with Crippen LogP contribution in [0.1, 0.15) is 25.0 Å². The fraction of sp³-hybridized carbons (Fsp3) is 0.0769. The zero-order valence-electron chi connectivity index (χ0n) is 23.1. The van der Waals surface area contributed by atoms with E-state index in [0.29, 0.717) is 0 Å². The lowest BCUT2D eigenvalue weighted by Crippen LogP contribution is -2.16. The monoisotopic (exact) mass is 543 g/mol. The number of fused-ring (bicyclic) bond motifs is 6. The molecule has 1 heterocycles. The van der Waals surface area contributed by atoms with Gasteiger partial charge >= 0.3 is 0 Å². The van der Waals surface area contributed by atoms with Crippen molar-refractivity contribution in [2.45, 2.75) is 19.3 Å². The van der Waals surface area contributed by atoms with Crippen molar-refractivity contribution in [2.24, 2.45) is 0 Å². The second-order valence-electron chi connectivity index (χ2n) is 11.4. The summed E-state index contributed by atoms with van der Waals surface area (Å²) in [4.78, 5) is 2.38. The Morgan fingerprint density at radius 1 is 0.463 bits per heavy atom. The summed E-state index contributed by atoms with van der Waals surface area (Å²) >= 11 is 1.90. The van der Waals surface area contributed by atoms with Crippen LogP contribution >= 0.6 is 11.3 Å². The molecule has 2 heteroatoms. The first kappa shape index (κ1) is 24.2. The smallest absolute Gasteiger partial charge is 0.0465 e. The Balaban J connectivity index is 1.26. The van der Waals surface area contributed by atoms with E-state index in [4.69, 9.17) is 0 Å². The van der Waals surface area contributed by atoms with Gasteiger partial charge in [-0.25, -0.2) is 0 Å². The molecule has 41 heavy (non-hydrogen) atoms. The van der Waals surface area contributed by atoms with Crippen molar-refractivity contribution in [1.29, 1.82) is 0 Å². The summed E-state index contributed by atoms with van der Waals surface area (Å²) in [6.07, 6.45) is 0. The van der Waals surface area contributed by atoms with Crippen LogP contribution in [0.2, 0.25) is 0 Å². The molecule has 1 aromatic heterocycles. The first-order valence-electron chi connectivity index (χ1n) is 14.2. The van der Waals surface area contributed by atoms with Gasteiger partial charge in [0.15, 0.2) is 0 Å². The number of nitrogens with zero attached hydrogens (tertiary/aromatic N) is 1. The third-order valence-electron chi connectivity index (χ3n) is 8.66. The summed E-state index contributed by atoms with van der Waals surface area (Å²) in [5.74, 6) is 0. The van der Waals surface area contributed by atoms with Gasteiger partial charge in [0.1, 0.15) is 0 Å². The van der Waals surface area contributed by atoms with Gasteiger partial charge in [-0.05, 0) is 88.0 Å². The van der Waals surface area contributed by atoms with Gasteiger partial charge in [-0.15, -0.1) is 11.3 Å². The van der Waals surface area contributed by atoms with Gasteiger partial charge in [-0.1, -0.05) is 98.8 Å². The summed E-state index contributed by atoms with van der Waals surface area (Å²) in [7, 11) is 0. The maximum absolute atomic E-state index is 2.45. The van der Waals surface area contributed by atoms with Crippen LogP contribution in [0.3, 0.4) is 0 Å². The van der Waals surface area contributed by atoms with E-state index in [2.05, 4.69) is 158 Å². The van der Waals surface area contributed by atoms with Crippen LogP contribution in [0.4, 0.5) is 17.1 Å². The van der Waals surface area contributed by atoms with Gasteiger partial charge in [0.2, 0.25) is 0 Å². The Labute approximate surface area is 245 Å². The quantitative estimate of drug-likeness (QED) is 0.213. The second-order valence-corrected chi connectivity index (χ2v) is 12.5. The van der Waals surface area contributed by atoms with Gasteiger partial charge in [-0.3, -0.25) is 0 Å². The molecule has 0 unspecified atom stereocenters. The molecule has 8 rings (SSSR count).